The topological polar surface area (TPSA) is 85.8 Å². The van der Waals surface area contributed by atoms with E-state index < -0.39 is 0 Å². The van der Waals surface area contributed by atoms with Gasteiger partial charge >= 0.3 is 0 Å². The Kier molecular flexibility index (Phi) is 4.60. The van der Waals surface area contributed by atoms with E-state index in [1.807, 2.05) is 28.3 Å². The Morgan fingerprint density at radius 1 is 1.36 bits per heavy atom. The Balaban J connectivity index is 1.33. The second-order valence-corrected chi connectivity index (χ2v) is 7.08. The average molecular weight is 357 g/mol. The number of thiophene rings is 1. The maximum Gasteiger partial charge on any atom is 0.227 e. The summed E-state index contributed by atoms with van der Waals surface area (Å²) in [4.78, 5) is 17.5. The maximum absolute atomic E-state index is 12.2. The van der Waals surface area contributed by atoms with Crippen LogP contribution < -0.4 is 5.32 Å². The van der Waals surface area contributed by atoms with Crippen molar-refractivity contribution in [3.05, 3.63) is 35.7 Å². The van der Waals surface area contributed by atoms with Crippen LogP contribution >= 0.6 is 11.3 Å². The summed E-state index contributed by atoms with van der Waals surface area (Å²) < 4.78 is 7.16. The van der Waals surface area contributed by atoms with Crippen LogP contribution in [0.2, 0.25) is 0 Å². The molecule has 1 aliphatic carbocycles. The molecular formula is C17H19N5O2S. The summed E-state index contributed by atoms with van der Waals surface area (Å²) in [5, 5.41) is 13.2. The zero-order valence-electron chi connectivity index (χ0n) is 13.7. The van der Waals surface area contributed by atoms with E-state index >= 15 is 0 Å². The normalized spacial score (nSPS) is 14.9. The van der Waals surface area contributed by atoms with Gasteiger partial charge in [-0.2, -0.15) is 10.1 Å². The van der Waals surface area contributed by atoms with Crippen molar-refractivity contribution in [3.8, 4) is 10.7 Å². The van der Waals surface area contributed by atoms with Crippen LogP contribution in [0.15, 0.2) is 34.3 Å². The molecule has 3 heterocycles. The minimum Gasteiger partial charge on any atom is -0.339 e. The number of hydrogen-bond acceptors (Lipinski definition) is 6. The number of rotatable bonds is 6. The lowest BCUT2D eigenvalue weighted by Crippen LogP contribution is -2.18. The number of aryl methyl sites for hydroxylation is 1. The molecule has 1 N–H and O–H groups in total. The number of anilines is 1. The molecule has 130 valence electrons. The molecule has 0 saturated heterocycles. The Hall–Kier alpha value is -2.48. The molecule has 25 heavy (non-hydrogen) atoms. The first-order valence-corrected chi connectivity index (χ1v) is 9.37. The summed E-state index contributed by atoms with van der Waals surface area (Å²) in [5.41, 5.74) is 0. The third-order valence-corrected chi connectivity index (χ3v) is 5.25. The Morgan fingerprint density at radius 3 is 3.04 bits per heavy atom. The lowest BCUT2D eigenvalue weighted by Gasteiger charge is -2.14. The van der Waals surface area contributed by atoms with Crippen molar-refractivity contribution in [3.63, 3.8) is 0 Å². The maximum atomic E-state index is 12.2. The standard InChI is InChI=1S/C17H19N5O2S/c23-15(19-14-9-10-18-22(14)12-4-1-2-5-12)7-8-16-20-17(21-24-16)13-6-3-11-25-13/h3,6,9-12H,1-2,4-5,7-8H2,(H,19,23). The average Bonchev–Trinajstić information content (AvgIpc) is 3.40. The summed E-state index contributed by atoms with van der Waals surface area (Å²) in [6.45, 7) is 0. The molecule has 3 aromatic rings. The summed E-state index contributed by atoms with van der Waals surface area (Å²) in [6, 6.07) is 6.12. The molecule has 1 fully saturated rings. The summed E-state index contributed by atoms with van der Waals surface area (Å²) >= 11 is 1.56. The molecule has 1 aliphatic rings. The van der Waals surface area contributed by atoms with E-state index in [0.29, 0.717) is 30.6 Å². The van der Waals surface area contributed by atoms with Crippen molar-refractivity contribution in [1.29, 1.82) is 0 Å². The first kappa shape index (κ1) is 16.0. The molecule has 3 aromatic heterocycles. The molecule has 0 atom stereocenters. The van der Waals surface area contributed by atoms with Crippen LogP contribution in [-0.2, 0) is 11.2 Å². The zero-order chi connectivity index (χ0) is 17.1. The van der Waals surface area contributed by atoms with Gasteiger partial charge in [-0.15, -0.1) is 11.3 Å². The van der Waals surface area contributed by atoms with Crippen molar-refractivity contribution in [1.82, 2.24) is 19.9 Å². The van der Waals surface area contributed by atoms with Gasteiger partial charge < -0.3 is 9.84 Å². The first-order valence-electron chi connectivity index (χ1n) is 8.49. The summed E-state index contributed by atoms with van der Waals surface area (Å²) in [7, 11) is 0. The van der Waals surface area contributed by atoms with E-state index in [-0.39, 0.29) is 5.91 Å². The van der Waals surface area contributed by atoms with Gasteiger partial charge in [0.25, 0.3) is 0 Å². The molecule has 1 saturated carbocycles. The number of carbonyl (C=O) groups is 1. The van der Waals surface area contributed by atoms with Gasteiger partial charge in [-0.05, 0) is 24.3 Å². The number of aromatic nitrogens is 4. The Labute approximate surface area is 149 Å². The van der Waals surface area contributed by atoms with Gasteiger partial charge in [0.1, 0.15) is 5.82 Å². The molecule has 0 unspecified atom stereocenters. The number of carbonyl (C=O) groups excluding carboxylic acids is 1. The summed E-state index contributed by atoms with van der Waals surface area (Å²) in [6.07, 6.45) is 7.14. The van der Waals surface area contributed by atoms with Crippen LogP contribution in [0.4, 0.5) is 5.82 Å². The summed E-state index contributed by atoms with van der Waals surface area (Å²) in [5.74, 6) is 1.74. The molecule has 4 rings (SSSR count). The number of nitrogens with one attached hydrogen (secondary N) is 1. The number of hydrogen-bond donors (Lipinski definition) is 1. The highest BCUT2D eigenvalue weighted by Crippen LogP contribution is 2.31. The Morgan fingerprint density at radius 2 is 2.24 bits per heavy atom. The quantitative estimate of drug-likeness (QED) is 0.727. The highest BCUT2D eigenvalue weighted by Gasteiger charge is 2.20. The van der Waals surface area contributed by atoms with Crippen molar-refractivity contribution >= 4 is 23.1 Å². The van der Waals surface area contributed by atoms with Crippen molar-refractivity contribution < 1.29 is 9.32 Å². The molecule has 0 aromatic carbocycles. The minimum atomic E-state index is -0.0735. The van der Waals surface area contributed by atoms with Gasteiger partial charge in [0, 0.05) is 18.9 Å². The first-order chi connectivity index (χ1) is 12.3. The number of amides is 1. The van der Waals surface area contributed by atoms with E-state index in [4.69, 9.17) is 4.52 Å². The molecule has 0 radical (unpaired) electrons. The fourth-order valence-electron chi connectivity index (χ4n) is 3.14. The third-order valence-electron chi connectivity index (χ3n) is 4.38. The van der Waals surface area contributed by atoms with E-state index in [1.165, 1.54) is 12.8 Å². The van der Waals surface area contributed by atoms with Crippen molar-refractivity contribution in [2.45, 2.75) is 44.6 Å². The lowest BCUT2D eigenvalue weighted by atomic mass is 10.2. The van der Waals surface area contributed by atoms with E-state index in [9.17, 15) is 4.79 Å². The van der Waals surface area contributed by atoms with Gasteiger partial charge in [-0.3, -0.25) is 4.79 Å². The van der Waals surface area contributed by atoms with E-state index in [1.54, 1.807) is 17.5 Å². The predicted molar refractivity (Wildman–Crippen MR) is 94.3 cm³/mol. The van der Waals surface area contributed by atoms with Crippen LogP contribution in [-0.4, -0.2) is 25.8 Å². The monoisotopic (exact) mass is 357 g/mol. The van der Waals surface area contributed by atoms with Crippen LogP contribution in [0.5, 0.6) is 0 Å². The second kappa shape index (κ2) is 7.18. The molecule has 7 nitrogen and oxygen atoms in total. The Bertz CT molecular complexity index is 833. The van der Waals surface area contributed by atoms with Gasteiger partial charge in [-0.1, -0.05) is 24.1 Å². The van der Waals surface area contributed by atoms with Gasteiger partial charge in [0.15, 0.2) is 0 Å². The number of nitrogens with zero attached hydrogens (tertiary/aromatic N) is 4. The minimum absolute atomic E-state index is 0.0735. The fraction of sp³-hybridized carbons (Fsp3) is 0.412. The molecule has 0 bridgehead atoms. The SMILES string of the molecule is O=C(CCc1nc(-c2cccs2)no1)Nc1ccnn1C1CCCC1. The highest BCUT2D eigenvalue weighted by molar-refractivity contribution is 7.13. The zero-order valence-corrected chi connectivity index (χ0v) is 14.5. The van der Waals surface area contributed by atoms with Crippen molar-refractivity contribution in [2.24, 2.45) is 0 Å². The molecule has 0 aliphatic heterocycles. The van der Waals surface area contributed by atoms with Gasteiger partial charge in [0.2, 0.25) is 17.6 Å². The van der Waals surface area contributed by atoms with E-state index in [2.05, 4.69) is 20.6 Å². The fourth-order valence-corrected chi connectivity index (χ4v) is 3.79. The van der Waals surface area contributed by atoms with Crippen LogP contribution in [0.25, 0.3) is 10.7 Å². The van der Waals surface area contributed by atoms with Crippen LogP contribution in [0.1, 0.15) is 44.0 Å². The predicted octanol–water partition coefficient (Wildman–Crippen LogP) is 3.68. The molecular weight excluding hydrogens is 338 g/mol. The third kappa shape index (κ3) is 3.63. The van der Waals surface area contributed by atoms with Crippen LogP contribution in [0, 0.1) is 0 Å². The molecule has 8 heteroatoms. The molecule has 0 spiro atoms. The van der Waals surface area contributed by atoms with Gasteiger partial charge in [-0.25, -0.2) is 4.68 Å². The smallest absolute Gasteiger partial charge is 0.227 e. The van der Waals surface area contributed by atoms with Gasteiger partial charge in [0.05, 0.1) is 17.1 Å². The second-order valence-electron chi connectivity index (χ2n) is 6.14. The largest absolute Gasteiger partial charge is 0.339 e. The van der Waals surface area contributed by atoms with Crippen LogP contribution in [0.3, 0.4) is 0 Å². The molecule has 1 amide bonds. The highest BCUT2D eigenvalue weighted by atomic mass is 32.1. The van der Waals surface area contributed by atoms with Crippen molar-refractivity contribution in [2.75, 3.05) is 5.32 Å². The lowest BCUT2D eigenvalue weighted by molar-refractivity contribution is -0.116. The van der Waals surface area contributed by atoms with E-state index in [0.717, 1.165) is 23.5 Å².